The Morgan fingerprint density at radius 3 is 2.30 bits per heavy atom. The fourth-order valence-corrected chi connectivity index (χ4v) is 2.11. The van der Waals surface area contributed by atoms with Gasteiger partial charge in [-0.15, -0.1) is 5.48 Å². The van der Waals surface area contributed by atoms with Crippen LogP contribution in [0.15, 0.2) is 0 Å². The second-order valence-corrected chi connectivity index (χ2v) is 7.38. The summed E-state index contributed by atoms with van der Waals surface area (Å²) in [7, 11) is 0. The minimum Gasteiger partial charge on any atom is -0.444 e. The summed E-state index contributed by atoms with van der Waals surface area (Å²) in [4.78, 5) is 28.4. The molecule has 0 radical (unpaired) electrons. The largest absolute Gasteiger partial charge is 0.444 e. The van der Waals surface area contributed by atoms with Gasteiger partial charge in [-0.1, -0.05) is 32.6 Å². The first-order valence-corrected chi connectivity index (χ1v) is 8.70. The maximum atomic E-state index is 11.7. The Balaban J connectivity index is 2.14. The molecule has 0 unspecified atom stereocenters. The third-order valence-corrected chi connectivity index (χ3v) is 3.69. The number of carbonyl (C=O) groups is 2. The summed E-state index contributed by atoms with van der Waals surface area (Å²) in [6, 6.07) is 0. The van der Waals surface area contributed by atoms with Crippen molar-refractivity contribution >= 4 is 12.1 Å². The first kappa shape index (κ1) is 19.7. The molecule has 0 aromatic heterocycles. The average Bonchev–Trinajstić information content (AvgIpc) is 3.22. The number of hydroxylamine groups is 1. The molecule has 0 aromatic rings. The number of nitrogens with one attached hydrogen (secondary N) is 2. The smallest absolute Gasteiger partial charge is 0.407 e. The topological polar surface area (TPSA) is 76.7 Å². The summed E-state index contributed by atoms with van der Waals surface area (Å²) in [5.74, 6) is -0.231. The molecular weight excluding hydrogens is 296 g/mol. The molecule has 1 aliphatic rings. The monoisotopic (exact) mass is 328 g/mol. The number of hydrogen-bond acceptors (Lipinski definition) is 5. The highest BCUT2D eigenvalue weighted by atomic mass is 16.7. The van der Waals surface area contributed by atoms with Gasteiger partial charge in [0.15, 0.2) is 0 Å². The van der Waals surface area contributed by atoms with E-state index in [-0.39, 0.29) is 11.5 Å². The molecule has 6 nitrogen and oxygen atoms in total. The van der Waals surface area contributed by atoms with Gasteiger partial charge in [-0.25, -0.2) is 4.79 Å². The Kier molecular flexibility index (Phi) is 7.82. The summed E-state index contributed by atoms with van der Waals surface area (Å²) in [5, 5.41) is 2.72. The number of hydrogen-bond donors (Lipinski definition) is 2. The van der Waals surface area contributed by atoms with E-state index in [1.807, 2.05) is 20.8 Å². The van der Waals surface area contributed by atoms with Gasteiger partial charge < -0.3 is 14.9 Å². The summed E-state index contributed by atoms with van der Waals surface area (Å²) < 4.78 is 5.19. The lowest BCUT2D eigenvalue weighted by molar-refractivity contribution is -0.153. The molecule has 0 aromatic carbocycles. The zero-order chi connectivity index (χ0) is 17.3. The van der Waals surface area contributed by atoms with Crippen LogP contribution in [0.4, 0.5) is 4.79 Å². The minimum atomic E-state index is -0.515. The van der Waals surface area contributed by atoms with Crippen molar-refractivity contribution in [2.24, 2.45) is 0 Å². The van der Waals surface area contributed by atoms with Crippen LogP contribution in [0.1, 0.15) is 79.1 Å². The molecule has 1 rings (SSSR count). The van der Waals surface area contributed by atoms with Crippen molar-refractivity contribution in [3.8, 4) is 0 Å². The number of ether oxygens (including phenoxy) is 1. The Bertz CT molecular complexity index is 387. The van der Waals surface area contributed by atoms with Crippen LogP contribution >= 0.6 is 0 Å². The molecule has 0 spiro atoms. The first-order chi connectivity index (χ1) is 10.8. The Morgan fingerprint density at radius 1 is 1.09 bits per heavy atom. The van der Waals surface area contributed by atoms with Gasteiger partial charge in [0.25, 0.3) is 0 Å². The number of amides is 1. The molecule has 0 atom stereocenters. The van der Waals surface area contributed by atoms with E-state index in [0.29, 0.717) is 13.0 Å². The zero-order valence-corrected chi connectivity index (χ0v) is 15.0. The molecule has 2 N–H and O–H groups in total. The number of rotatable bonds is 10. The lowest BCUT2D eigenvalue weighted by Gasteiger charge is -2.22. The average molecular weight is 328 g/mol. The van der Waals surface area contributed by atoms with Gasteiger partial charge in [0.05, 0.1) is 5.54 Å². The molecule has 1 aliphatic carbocycles. The van der Waals surface area contributed by atoms with E-state index in [9.17, 15) is 9.59 Å². The molecular formula is C17H32N2O4. The van der Waals surface area contributed by atoms with Gasteiger partial charge in [0, 0.05) is 13.0 Å². The molecule has 0 saturated heterocycles. The molecule has 1 amide bonds. The lowest BCUT2D eigenvalue weighted by atomic mass is 10.1. The predicted molar refractivity (Wildman–Crippen MR) is 88.8 cm³/mol. The van der Waals surface area contributed by atoms with Crippen LogP contribution in [0.2, 0.25) is 0 Å². The molecule has 23 heavy (non-hydrogen) atoms. The van der Waals surface area contributed by atoms with Gasteiger partial charge in [-0.2, -0.15) is 0 Å². The van der Waals surface area contributed by atoms with Gasteiger partial charge in [0.1, 0.15) is 5.60 Å². The van der Waals surface area contributed by atoms with Crippen LogP contribution < -0.4 is 10.8 Å². The van der Waals surface area contributed by atoms with E-state index in [2.05, 4.69) is 17.7 Å². The van der Waals surface area contributed by atoms with Crippen molar-refractivity contribution in [3.05, 3.63) is 0 Å². The standard InChI is InChI=1S/C17H32N2O4/c1-5-6-7-8-9-10-14(20)23-19-17(11-12-17)13-18-15(21)22-16(2,3)4/h19H,5-13H2,1-4H3,(H,18,21). The fraction of sp³-hybridized carbons (Fsp3) is 0.882. The Labute approximate surface area is 139 Å². The van der Waals surface area contributed by atoms with E-state index in [0.717, 1.165) is 25.7 Å². The van der Waals surface area contributed by atoms with Gasteiger partial charge in [0.2, 0.25) is 0 Å². The van der Waals surface area contributed by atoms with Crippen LogP contribution in [0, 0.1) is 0 Å². The molecule has 1 fully saturated rings. The van der Waals surface area contributed by atoms with Crippen LogP contribution in [-0.4, -0.2) is 29.7 Å². The van der Waals surface area contributed by atoms with Crippen LogP contribution in [0.25, 0.3) is 0 Å². The van der Waals surface area contributed by atoms with E-state index in [1.54, 1.807) is 0 Å². The van der Waals surface area contributed by atoms with Gasteiger partial charge in [-0.3, -0.25) is 4.79 Å². The number of carbonyl (C=O) groups excluding carboxylic acids is 2. The predicted octanol–water partition coefficient (Wildman–Crippen LogP) is 3.45. The van der Waals surface area contributed by atoms with Gasteiger partial charge in [-0.05, 0) is 40.0 Å². The maximum absolute atomic E-state index is 11.7. The summed E-state index contributed by atoms with van der Waals surface area (Å²) in [6.07, 6.45) is 7.23. The molecule has 1 saturated carbocycles. The second-order valence-electron chi connectivity index (χ2n) is 7.38. The second kappa shape index (κ2) is 9.11. The highest BCUT2D eigenvalue weighted by molar-refractivity contribution is 5.69. The van der Waals surface area contributed by atoms with Crippen molar-refractivity contribution < 1.29 is 19.2 Å². The number of unbranched alkanes of at least 4 members (excludes halogenated alkanes) is 4. The number of alkyl carbamates (subject to hydrolysis) is 1. The molecule has 0 heterocycles. The normalized spacial score (nSPS) is 15.8. The van der Waals surface area contributed by atoms with E-state index in [4.69, 9.17) is 9.57 Å². The first-order valence-electron chi connectivity index (χ1n) is 8.70. The van der Waals surface area contributed by atoms with Crippen LogP contribution in [-0.2, 0) is 14.4 Å². The molecule has 0 bridgehead atoms. The summed E-state index contributed by atoms with van der Waals surface area (Å²) in [6.45, 7) is 8.02. The maximum Gasteiger partial charge on any atom is 0.407 e. The van der Waals surface area contributed by atoms with Crippen molar-refractivity contribution in [1.29, 1.82) is 0 Å². The molecule has 6 heteroatoms. The summed E-state index contributed by atoms with van der Waals surface area (Å²) in [5.41, 5.74) is 1.98. The van der Waals surface area contributed by atoms with Crippen LogP contribution in [0.5, 0.6) is 0 Å². The van der Waals surface area contributed by atoms with E-state index < -0.39 is 11.7 Å². The Hall–Kier alpha value is -1.30. The third kappa shape index (κ3) is 9.43. The highest BCUT2D eigenvalue weighted by Crippen LogP contribution is 2.34. The van der Waals surface area contributed by atoms with E-state index in [1.165, 1.54) is 19.3 Å². The van der Waals surface area contributed by atoms with Crippen LogP contribution in [0.3, 0.4) is 0 Å². The fourth-order valence-electron chi connectivity index (χ4n) is 2.11. The quantitative estimate of drug-likeness (QED) is 0.474. The van der Waals surface area contributed by atoms with Crippen molar-refractivity contribution in [2.75, 3.05) is 6.54 Å². The molecule has 0 aliphatic heterocycles. The minimum absolute atomic E-state index is 0.231. The Morgan fingerprint density at radius 2 is 1.74 bits per heavy atom. The molecule has 134 valence electrons. The van der Waals surface area contributed by atoms with Crippen molar-refractivity contribution in [3.63, 3.8) is 0 Å². The summed E-state index contributed by atoms with van der Waals surface area (Å²) >= 11 is 0. The SMILES string of the molecule is CCCCCCCC(=O)ONC1(CNC(=O)OC(C)(C)C)CC1. The highest BCUT2D eigenvalue weighted by Gasteiger charge is 2.44. The van der Waals surface area contributed by atoms with Crippen molar-refractivity contribution in [1.82, 2.24) is 10.8 Å². The zero-order valence-electron chi connectivity index (χ0n) is 15.0. The van der Waals surface area contributed by atoms with Crippen molar-refractivity contribution in [2.45, 2.75) is 90.2 Å². The lowest BCUT2D eigenvalue weighted by Crippen LogP contribution is -2.45. The third-order valence-electron chi connectivity index (χ3n) is 3.69. The van der Waals surface area contributed by atoms with E-state index >= 15 is 0 Å². The van der Waals surface area contributed by atoms with Gasteiger partial charge >= 0.3 is 12.1 Å².